The predicted octanol–water partition coefficient (Wildman–Crippen LogP) is 1.15. The van der Waals surface area contributed by atoms with Gasteiger partial charge in [0.1, 0.15) is 0 Å². The minimum Gasteiger partial charge on any atom is -0.274 e. The lowest BCUT2D eigenvalue weighted by molar-refractivity contribution is -0.118. The molecule has 0 spiro atoms. The average Bonchev–Trinajstić information content (AvgIpc) is 1.79. The zero-order chi connectivity index (χ0) is 7.98. The highest BCUT2D eigenvalue weighted by atomic mass is 16.2. The summed E-state index contributed by atoms with van der Waals surface area (Å²) in [5.41, 5.74) is 2.33. The van der Waals surface area contributed by atoms with Crippen molar-refractivity contribution in [3.05, 3.63) is 0 Å². The first-order valence-corrected chi connectivity index (χ1v) is 3.41. The molecule has 1 amide bonds. The Bertz CT molecular complexity index is 130. The lowest BCUT2D eigenvalue weighted by Crippen LogP contribution is -2.12. The zero-order valence-electron chi connectivity index (χ0n) is 6.72. The quantitative estimate of drug-likeness (QED) is 0.466. The molecule has 3 heteroatoms. The molecule has 58 valence electrons. The van der Waals surface area contributed by atoms with Crippen molar-refractivity contribution < 1.29 is 4.79 Å². The van der Waals surface area contributed by atoms with Gasteiger partial charge in [0.2, 0.25) is 5.91 Å². The Labute approximate surface area is 61.5 Å². The molecule has 0 radical (unpaired) electrons. The molecule has 0 aliphatic heterocycles. The molecule has 0 fully saturated rings. The Morgan fingerprint density at radius 3 is 2.70 bits per heavy atom. The molecular formula is C7H14N2O. The molecule has 3 nitrogen and oxygen atoms in total. The van der Waals surface area contributed by atoms with Gasteiger partial charge < -0.3 is 0 Å². The summed E-state index contributed by atoms with van der Waals surface area (Å²) >= 11 is 0. The van der Waals surface area contributed by atoms with Crippen LogP contribution in [0.3, 0.4) is 0 Å². The van der Waals surface area contributed by atoms with Crippen molar-refractivity contribution in [3.63, 3.8) is 0 Å². The SMILES string of the molecule is CC(=O)N/N=C/CC(C)C. The normalized spacial score (nSPS) is 10.8. The molecule has 10 heavy (non-hydrogen) atoms. The molecule has 0 saturated carbocycles. The van der Waals surface area contributed by atoms with Crippen LogP contribution >= 0.6 is 0 Å². The fourth-order valence-electron chi connectivity index (χ4n) is 0.400. The molecular weight excluding hydrogens is 128 g/mol. The van der Waals surface area contributed by atoms with Crippen molar-refractivity contribution >= 4 is 12.1 Å². The first-order valence-electron chi connectivity index (χ1n) is 3.41. The Hall–Kier alpha value is -0.860. The lowest BCUT2D eigenvalue weighted by Gasteiger charge is -1.95. The van der Waals surface area contributed by atoms with E-state index in [0.29, 0.717) is 5.92 Å². The third-order valence-corrected chi connectivity index (χ3v) is 0.890. The molecule has 0 rings (SSSR count). The lowest BCUT2D eigenvalue weighted by atomic mass is 10.2. The summed E-state index contributed by atoms with van der Waals surface area (Å²) in [7, 11) is 0. The van der Waals surface area contributed by atoms with Gasteiger partial charge in [0.25, 0.3) is 0 Å². The molecule has 0 bridgehead atoms. The second kappa shape index (κ2) is 4.97. The van der Waals surface area contributed by atoms with Crippen LogP contribution in [0.5, 0.6) is 0 Å². The summed E-state index contributed by atoms with van der Waals surface area (Å²) in [6, 6.07) is 0. The van der Waals surface area contributed by atoms with E-state index in [1.807, 2.05) is 0 Å². The van der Waals surface area contributed by atoms with Gasteiger partial charge in [-0.15, -0.1) is 0 Å². The van der Waals surface area contributed by atoms with E-state index in [9.17, 15) is 4.79 Å². The number of hydrogen-bond donors (Lipinski definition) is 1. The number of hydrazone groups is 1. The number of nitrogens with zero attached hydrogens (tertiary/aromatic N) is 1. The van der Waals surface area contributed by atoms with E-state index in [-0.39, 0.29) is 5.91 Å². The van der Waals surface area contributed by atoms with Gasteiger partial charge in [-0.05, 0) is 12.3 Å². The summed E-state index contributed by atoms with van der Waals surface area (Å²) in [4.78, 5) is 10.3. The van der Waals surface area contributed by atoms with Gasteiger partial charge in [-0.2, -0.15) is 5.10 Å². The molecule has 0 saturated heterocycles. The van der Waals surface area contributed by atoms with Crippen LogP contribution in [0.25, 0.3) is 0 Å². The van der Waals surface area contributed by atoms with E-state index in [1.165, 1.54) is 6.92 Å². The van der Waals surface area contributed by atoms with E-state index in [2.05, 4.69) is 24.4 Å². The van der Waals surface area contributed by atoms with Crippen LogP contribution in [0.15, 0.2) is 5.10 Å². The first-order chi connectivity index (χ1) is 4.63. The van der Waals surface area contributed by atoms with Crippen molar-refractivity contribution in [2.24, 2.45) is 11.0 Å². The third-order valence-electron chi connectivity index (χ3n) is 0.890. The summed E-state index contributed by atoms with van der Waals surface area (Å²) < 4.78 is 0. The fraction of sp³-hybridized carbons (Fsp3) is 0.714. The van der Waals surface area contributed by atoms with Crippen molar-refractivity contribution in [1.82, 2.24) is 5.43 Å². The van der Waals surface area contributed by atoms with Crippen molar-refractivity contribution in [2.75, 3.05) is 0 Å². The highest BCUT2D eigenvalue weighted by Gasteiger charge is 1.88. The average molecular weight is 142 g/mol. The van der Waals surface area contributed by atoms with Gasteiger partial charge in [0.05, 0.1) is 0 Å². The molecule has 0 aromatic heterocycles. The zero-order valence-corrected chi connectivity index (χ0v) is 6.72. The van der Waals surface area contributed by atoms with Crippen LogP contribution in [0, 0.1) is 5.92 Å². The number of carbonyl (C=O) groups is 1. The maximum Gasteiger partial charge on any atom is 0.236 e. The second-order valence-corrected chi connectivity index (χ2v) is 2.61. The molecule has 0 aromatic rings. The molecule has 0 aromatic carbocycles. The molecule has 0 aliphatic rings. The maximum atomic E-state index is 10.3. The van der Waals surface area contributed by atoms with Gasteiger partial charge >= 0.3 is 0 Å². The van der Waals surface area contributed by atoms with Crippen LogP contribution in [0.1, 0.15) is 27.2 Å². The Balaban J connectivity index is 3.29. The van der Waals surface area contributed by atoms with Crippen LogP contribution in [-0.2, 0) is 4.79 Å². The number of nitrogens with one attached hydrogen (secondary N) is 1. The molecule has 0 unspecified atom stereocenters. The van der Waals surface area contributed by atoms with Gasteiger partial charge in [-0.1, -0.05) is 13.8 Å². The van der Waals surface area contributed by atoms with Gasteiger partial charge in [-0.3, -0.25) is 4.79 Å². The number of amides is 1. The molecule has 0 atom stereocenters. The van der Waals surface area contributed by atoms with Gasteiger partial charge in [-0.25, -0.2) is 5.43 Å². The summed E-state index contributed by atoms with van der Waals surface area (Å²) in [5, 5.41) is 3.69. The number of carbonyl (C=O) groups excluding carboxylic acids is 1. The van der Waals surface area contributed by atoms with E-state index >= 15 is 0 Å². The Kier molecular flexibility index (Phi) is 4.54. The van der Waals surface area contributed by atoms with E-state index < -0.39 is 0 Å². The van der Waals surface area contributed by atoms with Crippen LogP contribution in [0.2, 0.25) is 0 Å². The first kappa shape index (κ1) is 9.14. The minimum atomic E-state index is -0.125. The highest BCUT2D eigenvalue weighted by molar-refractivity contribution is 5.73. The molecule has 0 aliphatic carbocycles. The maximum absolute atomic E-state index is 10.3. The fourth-order valence-corrected chi connectivity index (χ4v) is 0.400. The largest absolute Gasteiger partial charge is 0.274 e. The van der Waals surface area contributed by atoms with E-state index in [0.717, 1.165) is 6.42 Å². The Morgan fingerprint density at radius 2 is 2.30 bits per heavy atom. The molecule has 1 N–H and O–H groups in total. The smallest absolute Gasteiger partial charge is 0.236 e. The highest BCUT2D eigenvalue weighted by Crippen LogP contribution is 1.93. The Morgan fingerprint density at radius 1 is 1.70 bits per heavy atom. The minimum absolute atomic E-state index is 0.125. The standard InChI is InChI=1S/C7H14N2O/c1-6(2)4-5-8-9-7(3)10/h5-6H,4H2,1-3H3,(H,9,10)/b8-5+. The summed E-state index contributed by atoms with van der Waals surface area (Å²) in [6.07, 6.45) is 2.62. The van der Waals surface area contributed by atoms with Crippen molar-refractivity contribution in [2.45, 2.75) is 27.2 Å². The third kappa shape index (κ3) is 7.14. The number of rotatable bonds is 3. The van der Waals surface area contributed by atoms with Crippen molar-refractivity contribution in [3.8, 4) is 0 Å². The van der Waals surface area contributed by atoms with Gasteiger partial charge in [0.15, 0.2) is 0 Å². The van der Waals surface area contributed by atoms with Crippen LogP contribution in [0.4, 0.5) is 0 Å². The van der Waals surface area contributed by atoms with E-state index in [4.69, 9.17) is 0 Å². The second-order valence-electron chi connectivity index (χ2n) is 2.61. The number of hydrogen-bond acceptors (Lipinski definition) is 2. The van der Waals surface area contributed by atoms with Crippen LogP contribution < -0.4 is 5.43 Å². The predicted molar refractivity (Wildman–Crippen MR) is 41.8 cm³/mol. The summed E-state index contributed by atoms with van der Waals surface area (Å²) in [6.45, 7) is 5.63. The van der Waals surface area contributed by atoms with Gasteiger partial charge in [0, 0.05) is 13.1 Å². The van der Waals surface area contributed by atoms with Crippen LogP contribution in [-0.4, -0.2) is 12.1 Å². The summed E-state index contributed by atoms with van der Waals surface area (Å²) in [5.74, 6) is 0.470. The monoisotopic (exact) mass is 142 g/mol. The molecule has 0 heterocycles. The van der Waals surface area contributed by atoms with E-state index in [1.54, 1.807) is 6.21 Å². The topological polar surface area (TPSA) is 41.5 Å². The van der Waals surface area contributed by atoms with Crippen molar-refractivity contribution in [1.29, 1.82) is 0 Å².